The standard InChI is InChI=1S/C35H36F4N2O3/c1-23-31-11-10-30(43-29-14-18-41(19-15-29)28-8-4-26(5-9-28)35(37,38)39)21-33(31)44-34(23)32(42)20-24-12-16-40(17-13-24)22-25-2-6-27(36)7-3-25/h2-11,21,24,29H,12-20,22H2,1H3. The molecule has 232 valence electrons. The number of alkyl halides is 3. The Balaban J connectivity index is 1.01. The predicted molar refractivity (Wildman–Crippen MR) is 162 cm³/mol. The summed E-state index contributed by atoms with van der Waals surface area (Å²) in [6.45, 7) is 5.87. The minimum Gasteiger partial charge on any atom is -0.490 e. The molecule has 2 fully saturated rings. The summed E-state index contributed by atoms with van der Waals surface area (Å²) in [7, 11) is 0. The maximum atomic E-state index is 13.3. The van der Waals surface area contributed by atoms with Gasteiger partial charge in [-0.15, -0.1) is 0 Å². The van der Waals surface area contributed by atoms with Gasteiger partial charge in [0, 0.05) is 61.6 Å². The lowest BCUT2D eigenvalue weighted by atomic mass is 9.90. The molecule has 0 aliphatic carbocycles. The van der Waals surface area contributed by atoms with Gasteiger partial charge in [-0.05, 0) is 92.9 Å². The van der Waals surface area contributed by atoms with Crippen LogP contribution in [0, 0.1) is 18.7 Å². The van der Waals surface area contributed by atoms with Crippen LogP contribution in [0.2, 0.25) is 0 Å². The molecule has 0 spiro atoms. The molecule has 6 rings (SSSR count). The van der Waals surface area contributed by atoms with Gasteiger partial charge in [-0.3, -0.25) is 9.69 Å². The quantitative estimate of drug-likeness (QED) is 0.148. The first-order valence-corrected chi connectivity index (χ1v) is 15.2. The molecule has 2 saturated heterocycles. The molecule has 0 unspecified atom stereocenters. The average Bonchev–Trinajstić information content (AvgIpc) is 3.35. The summed E-state index contributed by atoms with van der Waals surface area (Å²) >= 11 is 0. The maximum Gasteiger partial charge on any atom is 0.416 e. The Morgan fingerprint density at radius 3 is 2.25 bits per heavy atom. The first-order valence-electron chi connectivity index (χ1n) is 15.2. The minimum absolute atomic E-state index is 0.0220. The Bertz CT molecular complexity index is 1580. The average molecular weight is 609 g/mol. The van der Waals surface area contributed by atoms with E-state index >= 15 is 0 Å². The van der Waals surface area contributed by atoms with E-state index in [9.17, 15) is 22.4 Å². The fourth-order valence-electron chi connectivity index (χ4n) is 6.38. The van der Waals surface area contributed by atoms with Crippen molar-refractivity contribution in [2.75, 3.05) is 31.1 Å². The number of anilines is 1. The molecule has 44 heavy (non-hydrogen) atoms. The normalized spacial score (nSPS) is 17.3. The van der Waals surface area contributed by atoms with Crippen molar-refractivity contribution in [1.82, 2.24) is 4.90 Å². The molecule has 2 aliphatic heterocycles. The number of Topliss-reactive ketones (excluding diaryl/α,β-unsaturated/α-hetero) is 1. The fraction of sp³-hybridized carbons (Fsp3) is 0.400. The van der Waals surface area contributed by atoms with Crippen molar-refractivity contribution >= 4 is 22.4 Å². The Morgan fingerprint density at radius 1 is 0.909 bits per heavy atom. The van der Waals surface area contributed by atoms with E-state index in [1.807, 2.05) is 37.3 Å². The second-order valence-corrected chi connectivity index (χ2v) is 12.0. The number of likely N-dealkylation sites (tertiary alicyclic amines) is 1. The van der Waals surface area contributed by atoms with E-state index in [0.29, 0.717) is 42.5 Å². The molecule has 2 aliphatic rings. The zero-order chi connectivity index (χ0) is 30.8. The van der Waals surface area contributed by atoms with Crippen LogP contribution in [-0.4, -0.2) is 43.0 Å². The monoisotopic (exact) mass is 608 g/mol. The van der Waals surface area contributed by atoms with Crippen molar-refractivity contribution < 1.29 is 31.5 Å². The Hall–Kier alpha value is -3.85. The molecule has 0 atom stereocenters. The highest BCUT2D eigenvalue weighted by Gasteiger charge is 2.31. The van der Waals surface area contributed by atoms with Gasteiger partial charge in [-0.25, -0.2) is 4.39 Å². The summed E-state index contributed by atoms with van der Waals surface area (Å²) in [5, 5.41) is 0.895. The van der Waals surface area contributed by atoms with Gasteiger partial charge in [0.15, 0.2) is 11.5 Å². The molecule has 9 heteroatoms. The van der Waals surface area contributed by atoms with Crippen molar-refractivity contribution in [3.8, 4) is 5.75 Å². The largest absolute Gasteiger partial charge is 0.490 e. The number of ether oxygens (including phenoxy) is 1. The predicted octanol–water partition coefficient (Wildman–Crippen LogP) is 8.43. The number of halogens is 4. The molecule has 4 aromatic rings. The van der Waals surface area contributed by atoms with Crippen LogP contribution in [0.3, 0.4) is 0 Å². The molecule has 5 nitrogen and oxygen atoms in total. The van der Waals surface area contributed by atoms with Crippen molar-refractivity contribution in [1.29, 1.82) is 0 Å². The van der Waals surface area contributed by atoms with Crippen LogP contribution in [0.5, 0.6) is 5.75 Å². The zero-order valence-corrected chi connectivity index (χ0v) is 24.7. The van der Waals surface area contributed by atoms with E-state index in [-0.39, 0.29) is 17.7 Å². The lowest BCUT2D eigenvalue weighted by molar-refractivity contribution is -0.137. The van der Waals surface area contributed by atoms with E-state index in [1.165, 1.54) is 24.3 Å². The van der Waals surface area contributed by atoms with Gasteiger partial charge in [-0.1, -0.05) is 12.1 Å². The molecular formula is C35H36F4N2O3. The Morgan fingerprint density at radius 2 is 1.59 bits per heavy atom. The van der Waals surface area contributed by atoms with Gasteiger partial charge < -0.3 is 14.1 Å². The molecular weight excluding hydrogens is 572 g/mol. The van der Waals surface area contributed by atoms with E-state index in [4.69, 9.17) is 9.15 Å². The fourth-order valence-corrected chi connectivity index (χ4v) is 6.38. The van der Waals surface area contributed by atoms with Crippen LogP contribution >= 0.6 is 0 Å². The Kier molecular flexibility index (Phi) is 8.67. The number of carbonyl (C=O) groups is 1. The highest BCUT2D eigenvalue weighted by atomic mass is 19.4. The number of aryl methyl sites for hydroxylation is 1. The highest BCUT2D eigenvalue weighted by Crippen LogP contribution is 2.34. The second-order valence-electron chi connectivity index (χ2n) is 12.0. The van der Waals surface area contributed by atoms with Gasteiger partial charge >= 0.3 is 6.18 Å². The van der Waals surface area contributed by atoms with E-state index < -0.39 is 11.7 Å². The first kappa shape index (κ1) is 30.2. The lowest BCUT2D eigenvalue weighted by Crippen LogP contribution is -2.38. The number of nitrogens with zero attached hydrogens (tertiary/aromatic N) is 2. The molecule has 1 aromatic heterocycles. The molecule has 0 amide bonds. The first-order chi connectivity index (χ1) is 21.1. The van der Waals surface area contributed by atoms with Crippen LogP contribution in [-0.2, 0) is 12.7 Å². The number of hydrogen-bond donors (Lipinski definition) is 0. The van der Waals surface area contributed by atoms with E-state index in [1.54, 1.807) is 0 Å². The van der Waals surface area contributed by atoms with Gasteiger partial charge in [0.1, 0.15) is 23.3 Å². The molecule has 0 bridgehead atoms. The molecule has 3 heterocycles. The van der Waals surface area contributed by atoms with E-state index in [2.05, 4.69) is 9.80 Å². The van der Waals surface area contributed by atoms with E-state index in [0.717, 1.165) is 79.7 Å². The third kappa shape index (κ3) is 6.93. The second kappa shape index (κ2) is 12.6. The molecule has 3 aromatic carbocycles. The number of furan rings is 1. The number of benzene rings is 3. The topological polar surface area (TPSA) is 45.9 Å². The molecule has 0 radical (unpaired) electrons. The van der Waals surface area contributed by atoms with Crippen LogP contribution in [0.4, 0.5) is 23.2 Å². The van der Waals surface area contributed by atoms with Crippen LogP contribution in [0.1, 0.15) is 59.3 Å². The summed E-state index contributed by atoms with van der Waals surface area (Å²) in [6, 6.07) is 17.6. The third-order valence-electron chi connectivity index (χ3n) is 8.97. The summed E-state index contributed by atoms with van der Waals surface area (Å²) in [5.41, 5.74) is 2.69. The summed E-state index contributed by atoms with van der Waals surface area (Å²) < 4.78 is 64.2. The van der Waals surface area contributed by atoms with Crippen molar-refractivity contribution in [2.45, 2.75) is 57.9 Å². The maximum absolute atomic E-state index is 13.3. The van der Waals surface area contributed by atoms with Crippen LogP contribution in [0.25, 0.3) is 11.0 Å². The number of hydrogen-bond acceptors (Lipinski definition) is 5. The number of ketones is 1. The van der Waals surface area contributed by atoms with Crippen molar-refractivity contribution in [3.05, 3.63) is 95.0 Å². The van der Waals surface area contributed by atoms with Gasteiger partial charge in [-0.2, -0.15) is 13.2 Å². The number of rotatable bonds is 8. The van der Waals surface area contributed by atoms with Crippen molar-refractivity contribution in [2.24, 2.45) is 5.92 Å². The number of carbonyl (C=O) groups excluding carboxylic acids is 1. The number of fused-ring (bicyclic) bond motifs is 1. The lowest BCUT2D eigenvalue weighted by Gasteiger charge is -2.33. The summed E-state index contributed by atoms with van der Waals surface area (Å²) in [5.74, 6) is 1.18. The van der Waals surface area contributed by atoms with Gasteiger partial charge in [0.05, 0.1) is 5.56 Å². The summed E-state index contributed by atoms with van der Waals surface area (Å²) in [4.78, 5) is 17.7. The summed E-state index contributed by atoms with van der Waals surface area (Å²) in [6.07, 6.45) is -0.571. The number of piperidine rings is 2. The van der Waals surface area contributed by atoms with Gasteiger partial charge in [0.25, 0.3) is 0 Å². The smallest absolute Gasteiger partial charge is 0.416 e. The molecule has 0 N–H and O–H groups in total. The van der Waals surface area contributed by atoms with Gasteiger partial charge in [0.2, 0.25) is 0 Å². The SMILES string of the molecule is Cc1c(C(=O)CC2CCN(Cc3ccc(F)cc3)CC2)oc2cc(OC3CCN(c4ccc(C(F)(F)F)cc4)CC3)ccc12. The third-order valence-corrected chi connectivity index (χ3v) is 8.97. The minimum atomic E-state index is -4.34. The van der Waals surface area contributed by atoms with Crippen molar-refractivity contribution in [3.63, 3.8) is 0 Å². The zero-order valence-electron chi connectivity index (χ0n) is 24.7. The Labute approximate surface area is 254 Å². The van der Waals surface area contributed by atoms with Crippen LogP contribution < -0.4 is 9.64 Å². The highest BCUT2D eigenvalue weighted by molar-refractivity contribution is 6.00. The molecule has 0 saturated carbocycles. The van der Waals surface area contributed by atoms with Crippen LogP contribution in [0.15, 0.2) is 71.1 Å².